The lowest BCUT2D eigenvalue weighted by Gasteiger charge is -2.32. The first kappa shape index (κ1) is 24.5. The van der Waals surface area contributed by atoms with Crippen LogP contribution in [-0.4, -0.2) is 53.2 Å². The minimum Gasteiger partial charge on any atom is -0.448 e. The van der Waals surface area contributed by atoms with Gasteiger partial charge < -0.3 is 9.73 Å². The minimum atomic E-state index is -2.69. The molecule has 1 aromatic heterocycles. The molecule has 1 aromatic carbocycles. The molecule has 3 rings (SSSR count). The van der Waals surface area contributed by atoms with Gasteiger partial charge >= 0.3 is 0 Å². The van der Waals surface area contributed by atoms with Crippen LogP contribution in [0.1, 0.15) is 43.7 Å². The number of likely N-dealkylation sites (tertiary alicyclic amines) is 1. The first-order chi connectivity index (χ1) is 15.4. The zero-order valence-electron chi connectivity index (χ0n) is 17.8. The molecule has 3 atom stereocenters. The van der Waals surface area contributed by atoms with E-state index >= 15 is 0 Å². The molecule has 2 heterocycles. The van der Waals surface area contributed by atoms with E-state index in [9.17, 15) is 18.4 Å². The van der Waals surface area contributed by atoms with Crippen molar-refractivity contribution in [1.82, 2.24) is 20.5 Å². The van der Waals surface area contributed by atoms with Gasteiger partial charge in [-0.1, -0.05) is 41.4 Å². The molecule has 0 radical (unpaired) electrons. The second kappa shape index (κ2) is 11.6. The lowest BCUT2D eigenvalue weighted by molar-refractivity contribution is -0.131. The average molecular weight is 513 g/mol. The van der Waals surface area contributed by atoms with Crippen molar-refractivity contribution >= 4 is 27.6 Å². The molecule has 0 bridgehead atoms. The Hall–Kier alpha value is -2.17. The number of carbonyl (C=O) groups is 2. The molecule has 1 amide bonds. The summed E-state index contributed by atoms with van der Waals surface area (Å²) in [6.07, 6.45) is 1.78. The van der Waals surface area contributed by atoms with Crippen LogP contribution in [0, 0.1) is 0 Å². The first-order valence-electron chi connectivity index (χ1n) is 10.6. The normalized spacial score (nSPS) is 19.2. The fraction of sp³-hybridized carbons (Fsp3) is 0.500. The third-order valence-electron chi connectivity index (χ3n) is 5.42. The standard InChI is InChI=1S/C22H27BrF2N4O3/c1-2-3-17(27-20(21(24)25)14-4-6-15(23)7-5-14)22(31)28-16-8-10-29(12-18(16)30)13-19-26-9-11-32-19/h4-7,9,11,16-17,20-21,27H,2-3,8,10,12-13H2,1H3,(H,28,31)/t16-,17-,20-/m0/s1. The highest BCUT2D eigenvalue weighted by atomic mass is 79.9. The predicted octanol–water partition coefficient (Wildman–Crippen LogP) is 3.46. The van der Waals surface area contributed by atoms with E-state index in [-0.39, 0.29) is 12.3 Å². The molecular formula is C22H27BrF2N4O3. The third-order valence-corrected chi connectivity index (χ3v) is 5.95. The zero-order chi connectivity index (χ0) is 23.1. The highest BCUT2D eigenvalue weighted by Gasteiger charge is 2.33. The summed E-state index contributed by atoms with van der Waals surface area (Å²) in [7, 11) is 0. The maximum absolute atomic E-state index is 13.8. The van der Waals surface area contributed by atoms with Crippen molar-refractivity contribution in [3.05, 3.63) is 52.7 Å². The summed E-state index contributed by atoms with van der Waals surface area (Å²) in [5.74, 6) is -0.0303. The lowest BCUT2D eigenvalue weighted by Crippen LogP contribution is -2.55. The number of hydrogen-bond acceptors (Lipinski definition) is 6. The highest BCUT2D eigenvalue weighted by molar-refractivity contribution is 9.10. The summed E-state index contributed by atoms with van der Waals surface area (Å²) >= 11 is 3.30. The van der Waals surface area contributed by atoms with Crippen molar-refractivity contribution in [2.45, 2.75) is 57.3 Å². The SMILES string of the molecule is CCC[C@H](N[C@@H](c1ccc(Br)cc1)C(F)F)C(=O)N[C@H]1CCN(Cc2ncco2)CC1=O. The molecule has 10 heteroatoms. The van der Waals surface area contributed by atoms with Crippen molar-refractivity contribution in [2.24, 2.45) is 0 Å². The van der Waals surface area contributed by atoms with Crippen molar-refractivity contribution in [3.8, 4) is 0 Å². The number of amides is 1. The van der Waals surface area contributed by atoms with Crippen LogP contribution in [0.3, 0.4) is 0 Å². The van der Waals surface area contributed by atoms with Crippen LogP contribution in [0.4, 0.5) is 8.78 Å². The van der Waals surface area contributed by atoms with Crippen LogP contribution in [0.15, 0.2) is 45.6 Å². The number of oxazole rings is 1. The van der Waals surface area contributed by atoms with Crippen LogP contribution in [-0.2, 0) is 16.1 Å². The Morgan fingerprint density at radius 2 is 2.09 bits per heavy atom. The molecule has 1 saturated heterocycles. The van der Waals surface area contributed by atoms with E-state index in [4.69, 9.17) is 4.42 Å². The van der Waals surface area contributed by atoms with Crippen LogP contribution in [0.25, 0.3) is 0 Å². The number of ketones is 1. The highest BCUT2D eigenvalue weighted by Crippen LogP contribution is 2.24. The molecule has 7 nitrogen and oxygen atoms in total. The molecule has 0 spiro atoms. The largest absolute Gasteiger partial charge is 0.448 e. The number of nitrogens with zero attached hydrogens (tertiary/aromatic N) is 2. The molecule has 2 N–H and O–H groups in total. The molecule has 0 aliphatic carbocycles. The summed E-state index contributed by atoms with van der Waals surface area (Å²) in [5.41, 5.74) is 0.396. The average Bonchev–Trinajstić information content (AvgIpc) is 3.26. The Morgan fingerprint density at radius 1 is 1.34 bits per heavy atom. The van der Waals surface area contributed by atoms with Gasteiger partial charge in [0.15, 0.2) is 5.78 Å². The Bertz CT molecular complexity index is 880. The van der Waals surface area contributed by atoms with Gasteiger partial charge in [-0.3, -0.25) is 19.8 Å². The molecule has 2 aromatic rings. The van der Waals surface area contributed by atoms with Crippen LogP contribution >= 0.6 is 15.9 Å². The van der Waals surface area contributed by atoms with E-state index in [0.29, 0.717) is 43.8 Å². The molecule has 0 saturated carbocycles. The smallest absolute Gasteiger partial charge is 0.257 e. The third kappa shape index (κ3) is 6.66. The van der Waals surface area contributed by atoms with Crippen molar-refractivity contribution in [1.29, 1.82) is 0 Å². The number of hydrogen-bond donors (Lipinski definition) is 2. The fourth-order valence-corrected chi connectivity index (χ4v) is 4.01. The predicted molar refractivity (Wildman–Crippen MR) is 118 cm³/mol. The van der Waals surface area contributed by atoms with Gasteiger partial charge in [0.05, 0.1) is 37.4 Å². The maximum Gasteiger partial charge on any atom is 0.257 e. The Balaban J connectivity index is 1.60. The quantitative estimate of drug-likeness (QED) is 0.506. The number of aromatic nitrogens is 1. The van der Waals surface area contributed by atoms with Gasteiger partial charge in [0.1, 0.15) is 6.26 Å². The summed E-state index contributed by atoms with van der Waals surface area (Å²) in [4.78, 5) is 31.5. The van der Waals surface area contributed by atoms with Crippen LogP contribution < -0.4 is 10.6 Å². The molecule has 1 aliphatic rings. The van der Waals surface area contributed by atoms with Crippen LogP contribution in [0.2, 0.25) is 0 Å². The second-order valence-electron chi connectivity index (χ2n) is 7.82. The van der Waals surface area contributed by atoms with E-state index in [1.165, 1.54) is 6.26 Å². The number of halogens is 3. The van der Waals surface area contributed by atoms with Crippen LogP contribution in [0.5, 0.6) is 0 Å². The zero-order valence-corrected chi connectivity index (χ0v) is 19.4. The lowest BCUT2D eigenvalue weighted by atomic mass is 10.0. The Labute approximate surface area is 194 Å². The first-order valence-corrected chi connectivity index (χ1v) is 11.4. The molecule has 32 heavy (non-hydrogen) atoms. The summed E-state index contributed by atoms with van der Waals surface area (Å²) in [6, 6.07) is 3.81. The molecule has 0 unspecified atom stereocenters. The van der Waals surface area contributed by atoms with E-state index in [0.717, 1.165) is 4.47 Å². The summed E-state index contributed by atoms with van der Waals surface area (Å²) in [5, 5.41) is 5.58. The van der Waals surface area contributed by atoms with E-state index in [1.54, 1.807) is 30.5 Å². The monoisotopic (exact) mass is 512 g/mol. The number of alkyl halides is 2. The summed E-state index contributed by atoms with van der Waals surface area (Å²) in [6.45, 7) is 3.05. The minimum absolute atomic E-state index is 0.121. The maximum atomic E-state index is 13.8. The van der Waals surface area contributed by atoms with Gasteiger partial charge in [-0.05, 0) is 30.5 Å². The number of piperidine rings is 1. The van der Waals surface area contributed by atoms with Crippen molar-refractivity contribution in [3.63, 3.8) is 0 Å². The van der Waals surface area contributed by atoms with Crippen molar-refractivity contribution in [2.75, 3.05) is 13.1 Å². The molecule has 1 aliphatic heterocycles. The second-order valence-corrected chi connectivity index (χ2v) is 8.74. The molecular weight excluding hydrogens is 486 g/mol. The van der Waals surface area contributed by atoms with Gasteiger partial charge in [-0.2, -0.15) is 0 Å². The Kier molecular flexibility index (Phi) is 8.89. The van der Waals surface area contributed by atoms with Gasteiger partial charge in [-0.25, -0.2) is 13.8 Å². The fourth-order valence-electron chi connectivity index (χ4n) is 3.74. The van der Waals surface area contributed by atoms with E-state index in [1.807, 2.05) is 11.8 Å². The topological polar surface area (TPSA) is 87.5 Å². The van der Waals surface area contributed by atoms with Gasteiger partial charge in [0.25, 0.3) is 6.43 Å². The van der Waals surface area contributed by atoms with Crippen molar-refractivity contribution < 1.29 is 22.8 Å². The number of benzene rings is 1. The summed E-state index contributed by atoms with van der Waals surface area (Å²) < 4.78 is 33.6. The van der Waals surface area contributed by atoms with Gasteiger partial charge in [-0.15, -0.1) is 0 Å². The number of carbonyl (C=O) groups excluding carboxylic acids is 2. The van der Waals surface area contributed by atoms with E-state index < -0.39 is 30.5 Å². The Morgan fingerprint density at radius 3 is 2.69 bits per heavy atom. The number of rotatable bonds is 10. The number of Topliss-reactive ketones (excluding diaryl/α,β-unsaturated/α-hetero) is 1. The van der Waals surface area contributed by atoms with E-state index in [2.05, 4.69) is 31.5 Å². The molecule has 174 valence electrons. The van der Waals surface area contributed by atoms with Gasteiger partial charge in [0, 0.05) is 11.0 Å². The number of nitrogens with one attached hydrogen (secondary N) is 2. The molecule has 1 fully saturated rings. The van der Waals surface area contributed by atoms with Gasteiger partial charge in [0.2, 0.25) is 11.8 Å².